The van der Waals surface area contributed by atoms with Crippen LogP contribution in [0.3, 0.4) is 0 Å². The fourth-order valence-electron chi connectivity index (χ4n) is 5.18. The first-order valence-corrected chi connectivity index (χ1v) is 17.8. The number of hydrogen-bond donors (Lipinski definition) is 3. The van der Waals surface area contributed by atoms with Gasteiger partial charge in [0, 0.05) is 35.1 Å². The minimum Gasteiger partial charge on any atom is -0.444 e. The zero-order valence-electron chi connectivity index (χ0n) is 25.6. The molecule has 1 atom stereocenters. The van der Waals surface area contributed by atoms with Gasteiger partial charge < -0.3 is 25.3 Å². The second-order valence-corrected chi connectivity index (χ2v) is 15.0. The lowest BCUT2D eigenvalue weighted by molar-refractivity contribution is 0.0505. The first-order valence-electron chi connectivity index (χ1n) is 14.7. The predicted molar refractivity (Wildman–Crippen MR) is 174 cm³/mol. The van der Waals surface area contributed by atoms with E-state index in [1.165, 1.54) is 22.7 Å². The molecular weight excluding hydrogens is 621 g/mol. The quantitative estimate of drug-likeness (QED) is 0.241. The largest absolute Gasteiger partial charge is 0.444 e. The first-order chi connectivity index (χ1) is 20.9. The third-order valence-corrected chi connectivity index (χ3v) is 9.85. The normalized spacial score (nSPS) is 15.5. The number of thioether (sulfide) groups is 1. The number of carbonyl (C=O) groups excluding carboxylic acids is 3. The van der Waals surface area contributed by atoms with Gasteiger partial charge in [-0.2, -0.15) is 11.8 Å². The summed E-state index contributed by atoms with van der Waals surface area (Å²) in [7, 11) is 0. The molecule has 0 unspecified atom stereocenters. The number of pyridine rings is 1. The van der Waals surface area contributed by atoms with Crippen LogP contribution < -0.4 is 21.5 Å². The summed E-state index contributed by atoms with van der Waals surface area (Å²) in [6.07, 6.45) is 4.94. The maximum Gasteiger partial charge on any atom is 0.407 e. The minimum atomic E-state index is -0.617. The molecule has 3 amide bonds. The van der Waals surface area contributed by atoms with Crippen LogP contribution in [0.15, 0.2) is 21.6 Å². The Hall–Kier alpha value is -3.23. The fraction of sp³-hybridized carbons (Fsp3) is 0.533. The molecule has 2 aliphatic rings. The number of thiazole rings is 2. The molecule has 11 nitrogen and oxygen atoms in total. The van der Waals surface area contributed by atoms with Crippen molar-refractivity contribution in [2.75, 3.05) is 18.6 Å². The molecule has 0 aromatic carbocycles. The van der Waals surface area contributed by atoms with Crippen LogP contribution in [0, 0.1) is 0 Å². The molecule has 44 heavy (non-hydrogen) atoms. The van der Waals surface area contributed by atoms with E-state index < -0.39 is 17.2 Å². The van der Waals surface area contributed by atoms with Crippen molar-refractivity contribution in [3.63, 3.8) is 0 Å². The van der Waals surface area contributed by atoms with E-state index in [4.69, 9.17) is 9.72 Å². The van der Waals surface area contributed by atoms with Crippen LogP contribution in [-0.4, -0.2) is 62.6 Å². The Labute approximate surface area is 268 Å². The number of ether oxygens (including phenoxy) is 1. The second-order valence-electron chi connectivity index (χ2n) is 12.2. The monoisotopic (exact) mass is 658 g/mol. The van der Waals surface area contributed by atoms with Gasteiger partial charge >= 0.3 is 6.09 Å². The molecule has 4 heterocycles. The van der Waals surface area contributed by atoms with Gasteiger partial charge in [0.25, 0.3) is 17.4 Å². The number of carbonyl (C=O) groups is 3. The zero-order valence-corrected chi connectivity index (χ0v) is 28.0. The van der Waals surface area contributed by atoms with E-state index >= 15 is 0 Å². The lowest BCUT2D eigenvalue weighted by Crippen LogP contribution is -2.38. The molecule has 3 aromatic heterocycles. The van der Waals surface area contributed by atoms with Crippen molar-refractivity contribution in [2.24, 2.45) is 0 Å². The average molecular weight is 659 g/mol. The summed E-state index contributed by atoms with van der Waals surface area (Å²) in [6, 6.07) is 1.34. The highest BCUT2D eigenvalue weighted by Crippen LogP contribution is 2.50. The number of nitrogens with zero attached hydrogens (tertiary/aromatic N) is 3. The van der Waals surface area contributed by atoms with Crippen LogP contribution in [0.4, 0.5) is 4.79 Å². The first kappa shape index (κ1) is 32.2. The Kier molecular flexibility index (Phi) is 9.52. The number of hydrogen-bond acceptors (Lipinski definition) is 10. The van der Waals surface area contributed by atoms with Crippen LogP contribution in [0.2, 0.25) is 0 Å². The summed E-state index contributed by atoms with van der Waals surface area (Å²) in [6.45, 7) is 8.07. The lowest BCUT2D eigenvalue weighted by atomic mass is 9.98. The number of aromatic nitrogens is 3. The van der Waals surface area contributed by atoms with E-state index in [9.17, 15) is 19.2 Å². The molecule has 0 bridgehead atoms. The van der Waals surface area contributed by atoms with Gasteiger partial charge in [0.15, 0.2) is 0 Å². The third kappa shape index (κ3) is 7.35. The number of fused-ring (bicyclic) bond motifs is 2. The van der Waals surface area contributed by atoms with E-state index in [1.54, 1.807) is 48.5 Å². The van der Waals surface area contributed by atoms with Gasteiger partial charge in [-0.15, -0.1) is 22.7 Å². The van der Waals surface area contributed by atoms with Gasteiger partial charge in [0.1, 0.15) is 27.0 Å². The summed E-state index contributed by atoms with van der Waals surface area (Å²) in [4.78, 5) is 60.8. The summed E-state index contributed by atoms with van der Waals surface area (Å²) in [5.41, 5.74) is 1.71. The molecule has 3 N–H and O–H groups in total. The van der Waals surface area contributed by atoms with Crippen LogP contribution in [-0.2, 0) is 23.2 Å². The SMILES string of the molecule is CSCCCNC(=O)c1csc(-c2csc(Cn3c(CC[C@H](C)NC(=O)OC(C)(C)C)c4c(cc3=O)C3(CC3)NC4=O)n2)n1. The summed E-state index contributed by atoms with van der Waals surface area (Å²) >= 11 is 4.48. The van der Waals surface area contributed by atoms with Crippen LogP contribution in [0.5, 0.6) is 0 Å². The molecule has 14 heteroatoms. The van der Waals surface area contributed by atoms with E-state index in [0.29, 0.717) is 52.0 Å². The van der Waals surface area contributed by atoms with Gasteiger partial charge in [-0.05, 0) is 77.4 Å². The van der Waals surface area contributed by atoms with E-state index in [2.05, 4.69) is 20.9 Å². The molecule has 1 fully saturated rings. The molecule has 236 valence electrons. The van der Waals surface area contributed by atoms with Gasteiger partial charge in [0.2, 0.25) is 0 Å². The van der Waals surface area contributed by atoms with Crippen molar-refractivity contribution < 1.29 is 19.1 Å². The van der Waals surface area contributed by atoms with Crippen LogP contribution in [0.1, 0.15) is 90.5 Å². The highest BCUT2D eigenvalue weighted by atomic mass is 32.2. The maximum absolute atomic E-state index is 13.5. The maximum atomic E-state index is 13.5. The average Bonchev–Trinajstić information content (AvgIpc) is 3.25. The Morgan fingerprint density at radius 2 is 1.98 bits per heavy atom. The van der Waals surface area contributed by atoms with Gasteiger partial charge in [-0.3, -0.25) is 14.4 Å². The topological polar surface area (TPSA) is 144 Å². The molecule has 0 radical (unpaired) electrons. The van der Waals surface area contributed by atoms with Crippen molar-refractivity contribution in [3.05, 3.63) is 54.7 Å². The van der Waals surface area contributed by atoms with E-state index in [1.807, 2.05) is 18.6 Å². The molecule has 1 aliphatic carbocycles. The molecule has 1 spiro atoms. The molecule has 0 saturated heterocycles. The standard InChI is InChI=1S/C30H38N6O5S3/c1-17(32-28(40)41-29(2,3)4)7-8-21-24-18(30(9-10-30)35-26(24)39)13-23(37)36(21)14-22-33-20(16-43-22)27-34-19(15-44-27)25(38)31-11-6-12-42-5/h13,15-17H,6-12,14H2,1-5H3,(H,31,38)(H,32,40)(H,35,39)/t17-/m0/s1. The zero-order chi connectivity index (χ0) is 31.6. The Balaban J connectivity index is 1.35. The predicted octanol–water partition coefficient (Wildman–Crippen LogP) is 4.54. The highest BCUT2D eigenvalue weighted by Gasteiger charge is 2.53. The van der Waals surface area contributed by atoms with E-state index in [-0.39, 0.29) is 30.0 Å². The molecule has 5 rings (SSSR count). The van der Waals surface area contributed by atoms with Crippen molar-refractivity contribution in [1.29, 1.82) is 0 Å². The number of amides is 3. The summed E-state index contributed by atoms with van der Waals surface area (Å²) < 4.78 is 7.01. The van der Waals surface area contributed by atoms with Crippen molar-refractivity contribution in [3.8, 4) is 10.7 Å². The van der Waals surface area contributed by atoms with Crippen molar-refractivity contribution >= 4 is 52.3 Å². The van der Waals surface area contributed by atoms with Crippen molar-refractivity contribution in [1.82, 2.24) is 30.5 Å². The number of alkyl carbamates (subject to hydrolysis) is 1. The van der Waals surface area contributed by atoms with Gasteiger partial charge in [0.05, 0.1) is 17.6 Å². The fourth-order valence-corrected chi connectivity index (χ4v) is 7.22. The third-order valence-electron chi connectivity index (χ3n) is 7.45. The van der Waals surface area contributed by atoms with Crippen molar-refractivity contribution in [2.45, 2.75) is 83.5 Å². The minimum absolute atomic E-state index is 0.170. The summed E-state index contributed by atoms with van der Waals surface area (Å²) in [5, 5.41) is 13.7. The smallest absolute Gasteiger partial charge is 0.407 e. The molecule has 1 saturated carbocycles. The number of nitrogens with one attached hydrogen (secondary N) is 3. The van der Waals surface area contributed by atoms with Crippen LogP contribution >= 0.6 is 34.4 Å². The van der Waals surface area contributed by atoms with Gasteiger partial charge in [-0.25, -0.2) is 14.8 Å². The Morgan fingerprint density at radius 1 is 1.20 bits per heavy atom. The number of rotatable bonds is 12. The Morgan fingerprint density at radius 3 is 2.68 bits per heavy atom. The lowest BCUT2D eigenvalue weighted by Gasteiger charge is -2.22. The summed E-state index contributed by atoms with van der Waals surface area (Å²) in [5.74, 6) is 0.601. The highest BCUT2D eigenvalue weighted by molar-refractivity contribution is 7.98. The van der Waals surface area contributed by atoms with Gasteiger partial charge in [-0.1, -0.05) is 0 Å². The second kappa shape index (κ2) is 13.0. The molecule has 3 aromatic rings. The molecule has 1 aliphatic heterocycles. The molecular formula is C30H38N6O5S3. The Bertz CT molecular complexity index is 1620. The van der Waals surface area contributed by atoms with E-state index in [0.717, 1.165) is 30.6 Å². The van der Waals surface area contributed by atoms with Crippen LogP contribution in [0.25, 0.3) is 10.7 Å².